The molecule has 0 saturated carbocycles. The smallest absolute Gasteiger partial charge is 0.255 e. The summed E-state index contributed by atoms with van der Waals surface area (Å²) >= 11 is 0. The highest BCUT2D eigenvalue weighted by molar-refractivity contribution is 6.05. The average molecular weight is 501 g/mol. The minimum absolute atomic E-state index is 0.0941. The van der Waals surface area contributed by atoms with E-state index in [-0.39, 0.29) is 30.5 Å². The highest BCUT2D eigenvalue weighted by Gasteiger charge is 2.39. The van der Waals surface area contributed by atoms with Gasteiger partial charge >= 0.3 is 0 Å². The molecule has 37 heavy (non-hydrogen) atoms. The topological polar surface area (TPSA) is 103 Å². The fourth-order valence-electron chi connectivity index (χ4n) is 5.40. The Morgan fingerprint density at radius 2 is 1.89 bits per heavy atom. The Balaban J connectivity index is 0.000000152. The summed E-state index contributed by atoms with van der Waals surface area (Å²) in [6, 6.07) is 15.6. The molecule has 0 aliphatic carbocycles. The Morgan fingerprint density at radius 1 is 1.05 bits per heavy atom. The molecule has 192 valence electrons. The molecule has 2 saturated heterocycles. The number of aromatic nitrogens is 1. The third-order valence-electron chi connectivity index (χ3n) is 7.48. The van der Waals surface area contributed by atoms with E-state index in [4.69, 9.17) is 0 Å². The lowest BCUT2D eigenvalue weighted by Gasteiger charge is -2.29. The minimum atomic E-state index is -0.611. The molecule has 2 unspecified atom stereocenters. The molecule has 0 bridgehead atoms. The highest BCUT2D eigenvalue weighted by atomic mass is 16.3. The summed E-state index contributed by atoms with van der Waals surface area (Å²) in [6.45, 7) is 6.98. The first-order valence-corrected chi connectivity index (χ1v) is 12.9. The lowest BCUT2D eigenvalue weighted by Crippen LogP contribution is -2.52. The third-order valence-corrected chi connectivity index (χ3v) is 7.48. The van der Waals surface area contributed by atoms with Gasteiger partial charge in [-0.3, -0.25) is 29.6 Å². The Labute approximate surface area is 216 Å². The predicted octanol–water partition coefficient (Wildman–Crippen LogP) is 3.68. The maximum Gasteiger partial charge on any atom is 0.255 e. The van der Waals surface area contributed by atoms with Gasteiger partial charge in [-0.2, -0.15) is 0 Å². The van der Waals surface area contributed by atoms with Crippen LogP contribution in [0.1, 0.15) is 59.8 Å². The number of hydrogen-bond acceptors (Lipinski definition) is 6. The van der Waals surface area contributed by atoms with Crippen molar-refractivity contribution in [2.75, 3.05) is 6.54 Å². The van der Waals surface area contributed by atoms with Gasteiger partial charge in [0.2, 0.25) is 11.8 Å². The zero-order chi connectivity index (χ0) is 26.1. The molecule has 3 amide bonds. The molecule has 3 aliphatic heterocycles. The van der Waals surface area contributed by atoms with Crippen LogP contribution in [0.3, 0.4) is 0 Å². The van der Waals surface area contributed by atoms with Crippen molar-refractivity contribution in [3.8, 4) is 5.75 Å². The van der Waals surface area contributed by atoms with Gasteiger partial charge in [0.05, 0.1) is 5.52 Å². The van der Waals surface area contributed by atoms with Gasteiger partial charge in [0.1, 0.15) is 11.8 Å². The van der Waals surface area contributed by atoms with E-state index in [0.29, 0.717) is 17.5 Å². The molecule has 0 spiro atoms. The van der Waals surface area contributed by atoms with Crippen LogP contribution in [0.15, 0.2) is 48.5 Å². The first kappa shape index (κ1) is 24.9. The number of aryl methyl sites for hydroxylation is 1. The monoisotopic (exact) mass is 500 g/mol. The molecule has 8 nitrogen and oxygen atoms in total. The number of hydrogen-bond donors (Lipinski definition) is 2. The van der Waals surface area contributed by atoms with E-state index in [1.165, 1.54) is 47.4 Å². The number of aromatic hydroxyl groups is 1. The number of benzene rings is 2. The largest absolute Gasteiger partial charge is 0.508 e. The number of phenolic OH excluding ortho intramolecular Hbond substituents is 1. The molecule has 2 atom stereocenters. The van der Waals surface area contributed by atoms with Crippen LogP contribution in [-0.4, -0.2) is 56.2 Å². The van der Waals surface area contributed by atoms with Crippen molar-refractivity contribution in [2.45, 2.75) is 64.7 Å². The SMILES string of the molecule is Cc1ccc2cc(CN3CCCC3C)ccc2n1.O=C1CCC(N2Cc3cc(O)ccc3C2=O)C(=O)N1. The third kappa shape index (κ3) is 5.34. The van der Waals surface area contributed by atoms with Crippen LogP contribution in [0.25, 0.3) is 10.9 Å². The van der Waals surface area contributed by atoms with E-state index < -0.39 is 11.9 Å². The van der Waals surface area contributed by atoms with Gasteiger partial charge in [-0.25, -0.2) is 0 Å². The second-order valence-electron chi connectivity index (χ2n) is 10.2. The standard InChI is InChI=1S/C16H20N2.C13H12N2O4/c1-12-5-7-15-10-14(6-8-16(15)17-12)11-18-9-3-4-13(18)2;16-8-1-2-9-7(5-8)6-15(13(9)19)10-3-4-11(17)14-12(10)18/h5-8,10,13H,3-4,9,11H2,1-2H3;1-2,5,10,16H,3-4,6H2,(H,14,17,18). The lowest BCUT2D eigenvalue weighted by atomic mass is 10.0. The van der Waals surface area contributed by atoms with E-state index in [0.717, 1.165) is 23.8 Å². The van der Waals surface area contributed by atoms with E-state index in [2.05, 4.69) is 52.5 Å². The summed E-state index contributed by atoms with van der Waals surface area (Å²) in [5.74, 6) is -0.870. The molecule has 3 aromatic rings. The summed E-state index contributed by atoms with van der Waals surface area (Å²) < 4.78 is 0. The number of nitrogens with zero attached hydrogens (tertiary/aromatic N) is 3. The molecule has 2 aromatic carbocycles. The second-order valence-corrected chi connectivity index (χ2v) is 10.2. The number of fused-ring (bicyclic) bond motifs is 2. The Bertz CT molecular complexity index is 1370. The van der Waals surface area contributed by atoms with Crippen molar-refractivity contribution in [2.24, 2.45) is 0 Å². The van der Waals surface area contributed by atoms with Gasteiger partial charge in [-0.05, 0) is 87.2 Å². The number of rotatable bonds is 3. The minimum Gasteiger partial charge on any atom is -0.508 e. The second kappa shape index (κ2) is 10.3. The molecule has 1 aromatic heterocycles. The van der Waals surface area contributed by atoms with Gasteiger partial charge in [0, 0.05) is 42.2 Å². The van der Waals surface area contributed by atoms with Crippen molar-refractivity contribution >= 4 is 28.6 Å². The summed E-state index contributed by atoms with van der Waals surface area (Å²) in [4.78, 5) is 43.7. The Hall–Kier alpha value is -3.78. The van der Waals surface area contributed by atoms with Gasteiger partial charge in [0.15, 0.2) is 0 Å². The summed E-state index contributed by atoms with van der Waals surface area (Å²) in [5, 5.41) is 12.9. The van der Waals surface area contributed by atoms with Crippen LogP contribution in [0, 0.1) is 6.92 Å². The van der Waals surface area contributed by atoms with E-state index in [9.17, 15) is 19.5 Å². The maximum absolute atomic E-state index is 12.2. The first-order valence-electron chi connectivity index (χ1n) is 12.9. The molecular weight excluding hydrogens is 468 g/mol. The number of imide groups is 1. The predicted molar refractivity (Wildman–Crippen MR) is 140 cm³/mol. The van der Waals surface area contributed by atoms with Crippen molar-refractivity contribution in [1.29, 1.82) is 0 Å². The molecule has 8 heteroatoms. The van der Waals surface area contributed by atoms with Gasteiger partial charge in [-0.1, -0.05) is 12.1 Å². The zero-order valence-corrected chi connectivity index (χ0v) is 21.2. The fourth-order valence-corrected chi connectivity index (χ4v) is 5.40. The quantitative estimate of drug-likeness (QED) is 0.532. The van der Waals surface area contributed by atoms with Gasteiger partial charge in [-0.15, -0.1) is 0 Å². The number of amides is 3. The maximum atomic E-state index is 12.2. The zero-order valence-electron chi connectivity index (χ0n) is 21.2. The Kier molecular flexibility index (Phi) is 6.93. The van der Waals surface area contributed by atoms with Crippen LogP contribution in [0.4, 0.5) is 0 Å². The fraction of sp³-hybridized carbons (Fsp3) is 0.379. The van der Waals surface area contributed by atoms with Gasteiger partial charge < -0.3 is 10.0 Å². The van der Waals surface area contributed by atoms with Crippen molar-refractivity contribution in [1.82, 2.24) is 20.1 Å². The number of piperidine rings is 1. The molecule has 2 fully saturated rings. The lowest BCUT2D eigenvalue weighted by molar-refractivity contribution is -0.136. The molecule has 2 N–H and O–H groups in total. The average Bonchev–Trinajstić information content (AvgIpc) is 3.41. The highest BCUT2D eigenvalue weighted by Crippen LogP contribution is 2.29. The number of nitrogens with one attached hydrogen (secondary N) is 1. The summed E-state index contributed by atoms with van der Waals surface area (Å²) in [6.07, 6.45) is 3.27. The molecule has 4 heterocycles. The first-order chi connectivity index (χ1) is 17.8. The number of pyridine rings is 1. The molecule has 6 rings (SSSR count). The van der Waals surface area contributed by atoms with Crippen LogP contribution >= 0.6 is 0 Å². The molecule has 3 aliphatic rings. The van der Waals surface area contributed by atoms with Gasteiger partial charge in [0.25, 0.3) is 5.91 Å². The van der Waals surface area contributed by atoms with Crippen LogP contribution in [0.5, 0.6) is 5.75 Å². The van der Waals surface area contributed by atoms with Crippen molar-refractivity contribution in [3.63, 3.8) is 0 Å². The van der Waals surface area contributed by atoms with E-state index >= 15 is 0 Å². The van der Waals surface area contributed by atoms with Crippen molar-refractivity contribution < 1.29 is 19.5 Å². The van der Waals surface area contributed by atoms with E-state index in [1.54, 1.807) is 6.07 Å². The summed E-state index contributed by atoms with van der Waals surface area (Å²) in [7, 11) is 0. The van der Waals surface area contributed by atoms with Crippen LogP contribution in [0.2, 0.25) is 0 Å². The Morgan fingerprint density at radius 3 is 2.65 bits per heavy atom. The summed E-state index contributed by atoms with van der Waals surface area (Å²) in [5.41, 5.74) is 4.80. The molecule has 0 radical (unpaired) electrons. The number of carbonyl (C=O) groups is 3. The van der Waals surface area contributed by atoms with Crippen LogP contribution in [-0.2, 0) is 22.7 Å². The van der Waals surface area contributed by atoms with Crippen molar-refractivity contribution in [3.05, 3.63) is 70.9 Å². The number of likely N-dealkylation sites (tertiary alicyclic amines) is 1. The van der Waals surface area contributed by atoms with E-state index in [1.807, 2.05) is 6.92 Å². The number of carbonyl (C=O) groups excluding carboxylic acids is 3. The normalized spacial score (nSPS) is 21.6. The number of phenols is 1. The molecular formula is C29H32N4O4. The van der Waals surface area contributed by atoms with Crippen LogP contribution < -0.4 is 5.32 Å².